The minimum atomic E-state index is -0.331. The van der Waals surface area contributed by atoms with E-state index in [1.54, 1.807) is 0 Å². The van der Waals surface area contributed by atoms with Gasteiger partial charge in [-0.25, -0.2) is 0 Å². The van der Waals surface area contributed by atoms with E-state index in [9.17, 15) is 10.5 Å². The molecule has 9 aromatic carbocycles. The summed E-state index contributed by atoms with van der Waals surface area (Å²) in [7, 11) is 0. The Morgan fingerprint density at radius 2 is 0.730 bits per heavy atom. The lowest BCUT2D eigenvalue weighted by Crippen LogP contribution is -2.57. The highest BCUT2D eigenvalue weighted by Crippen LogP contribution is 2.43. The molecule has 0 unspecified atom stereocenters. The number of aromatic nitrogens is 2. The first kappa shape index (κ1) is 35.0. The first-order valence-electron chi connectivity index (χ1n) is 21.0. The van der Waals surface area contributed by atoms with Gasteiger partial charge in [-0.2, -0.15) is 10.5 Å². The Labute approximate surface area is 362 Å². The highest BCUT2D eigenvalue weighted by molar-refractivity contribution is 6.98. The zero-order valence-electron chi connectivity index (χ0n) is 33.6. The summed E-state index contributed by atoms with van der Waals surface area (Å²) in [6.45, 7) is -0.331. The molecule has 7 heteroatoms. The van der Waals surface area contributed by atoms with Gasteiger partial charge in [0.2, 0.25) is 0 Å². The second-order valence-corrected chi connectivity index (χ2v) is 16.2. The lowest BCUT2D eigenvalue weighted by Gasteiger charge is -2.34. The van der Waals surface area contributed by atoms with Crippen molar-refractivity contribution in [2.24, 2.45) is 0 Å². The van der Waals surface area contributed by atoms with Crippen LogP contribution in [0.2, 0.25) is 0 Å². The molecule has 290 valence electrons. The zero-order valence-corrected chi connectivity index (χ0v) is 33.6. The van der Waals surface area contributed by atoms with Crippen LogP contribution in [0.5, 0.6) is 23.0 Å². The number of ether oxygens (including phenoxy) is 2. The normalized spacial score (nSPS) is 12.3. The van der Waals surface area contributed by atoms with Gasteiger partial charge in [0.15, 0.2) is 0 Å². The number of fused-ring (bicyclic) bond motifs is 10. The first-order valence-corrected chi connectivity index (χ1v) is 21.0. The molecule has 2 aliphatic heterocycles. The van der Waals surface area contributed by atoms with Gasteiger partial charge in [-0.05, 0) is 71.6 Å². The average molecular weight is 803 g/mol. The zero-order chi connectivity index (χ0) is 41.8. The van der Waals surface area contributed by atoms with Crippen LogP contribution >= 0.6 is 0 Å². The van der Waals surface area contributed by atoms with E-state index in [0.717, 1.165) is 93.6 Å². The molecule has 0 bridgehead atoms. The number of benzene rings is 9. The average Bonchev–Trinajstić information content (AvgIpc) is 3.86. The van der Waals surface area contributed by atoms with E-state index in [4.69, 9.17) is 9.47 Å². The smallest absolute Gasteiger partial charge is 0.260 e. The third kappa shape index (κ3) is 4.99. The molecule has 0 radical (unpaired) electrons. The molecule has 6 nitrogen and oxygen atoms in total. The molecule has 0 spiro atoms. The molecule has 2 aliphatic rings. The predicted molar refractivity (Wildman–Crippen MR) is 253 cm³/mol. The van der Waals surface area contributed by atoms with Crippen LogP contribution in [0.4, 0.5) is 0 Å². The Kier molecular flexibility index (Phi) is 7.43. The van der Waals surface area contributed by atoms with Crippen molar-refractivity contribution in [1.82, 2.24) is 9.13 Å². The third-order valence-electron chi connectivity index (χ3n) is 12.9. The van der Waals surface area contributed by atoms with Crippen LogP contribution in [0.25, 0.3) is 77.2 Å². The highest BCUT2D eigenvalue weighted by atomic mass is 16.5. The van der Waals surface area contributed by atoms with E-state index in [0.29, 0.717) is 34.1 Å². The topological polar surface area (TPSA) is 75.9 Å². The van der Waals surface area contributed by atoms with Crippen LogP contribution in [-0.4, -0.2) is 15.8 Å². The van der Waals surface area contributed by atoms with Crippen LogP contribution < -0.4 is 25.9 Å². The predicted octanol–water partition coefficient (Wildman–Crippen LogP) is 11.7. The Hall–Kier alpha value is -8.78. The Bertz CT molecular complexity index is 3510. The maximum Gasteiger partial charge on any atom is 0.260 e. The van der Waals surface area contributed by atoms with Crippen LogP contribution in [0, 0.1) is 22.7 Å². The lowest BCUT2D eigenvalue weighted by atomic mass is 9.34. The van der Waals surface area contributed by atoms with Crippen LogP contribution in [-0.2, 0) is 0 Å². The van der Waals surface area contributed by atoms with Crippen molar-refractivity contribution in [2.75, 3.05) is 0 Å². The van der Waals surface area contributed by atoms with Crippen molar-refractivity contribution in [2.45, 2.75) is 0 Å². The molecule has 0 saturated heterocycles. The summed E-state index contributed by atoms with van der Waals surface area (Å²) in [5, 5.41) is 26.4. The molecule has 0 atom stereocenters. The number of hydrogen-bond acceptors (Lipinski definition) is 4. The highest BCUT2D eigenvalue weighted by Gasteiger charge is 2.41. The number of hydrogen-bond donors (Lipinski definition) is 0. The van der Waals surface area contributed by atoms with Crippen LogP contribution in [0.3, 0.4) is 0 Å². The van der Waals surface area contributed by atoms with E-state index in [1.165, 1.54) is 0 Å². The fourth-order valence-corrected chi connectivity index (χ4v) is 10.3. The number of nitriles is 2. The van der Waals surface area contributed by atoms with Gasteiger partial charge in [0.25, 0.3) is 6.71 Å². The van der Waals surface area contributed by atoms with E-state index < -0.39 is 0 Å². The quantitative estimate of drug-likeness (QED) is 0.166. The second-order valence-electron chi connectivity index (χ2n) is 16.2. The maximum absolute atomic E-state index is 10.9. The van der Waals surface area contributed by atoms with E-state index in [-0.39, 0.29) is 6.71 Å². The summed E-state index contributed by atoms with van der Waals surface area (Å²) >= 11 is 0. The molecule has 0 fully saturated rings. The maximum atomic E-state index is 10.9. The first-order chi connectivity index (χ1) is 31.2. The summed E-state index contributed by atoms with van der Waals surface area (Å²) in [6.07, 6.45) is 0. The van der Waals surface area contributed by atoms with Crippen molar-refractivity contribution >= 4 is 66.7 Å². The van der Waals surface area contributed by atoms with Gasteiger partial charge in [-0.3, -0.25) is 0 Å². The third-order valence-corrected chi connectivity index (χ3v) is 12.9. The minimum absolute atomic E-state index is 0.331. The summed E-state index contributed by atoms with van der Waals surface area (Å²) in [4.78, 5) is 0. The fraction of sp³-hybridized carbons (Fsp3) is 0. The van der Waals surface area contributed by atoms with Gasteiger partial charge in [0.05, 0.1) is 56.7 Å². The lowest BCUT2D eigenvalue weighted by molar-refractivity contribution is 0.464. The summed E-state index contributed by atoms with van der Waals surface area (Å²) in [6, 6.07) is 69.5. The molecule has 4 heterocycles. The number of rotatable bonds is 4. The molecule has 0 saturated carbocycles. The summed E-state index contributed by atoms with van der Waals surface area (Å²) in [5.74, 6) is 2.58. The molecule has 63 heavy (non-hydrogen) atoms. The fourth-order valence-electron chi connectivity index (χ4n) is 10.3. The molecule has 11 aromatic rings. The largest absolute Gasteiger partial charge is 0.458 e. The standard InChI is InChI=1S/C56H31BN4O2/c58-32-34-28-54-44(30-42(34)40-18-5-11-24-50(40)60-46-20-7-1-14-36(46)37-15-2-8-21-47(37)60)57-45-31-43(35(33-59)29-55(45)63-53-27-13-26-52(62-54)56(53)57)41-19-6-12-25-51(41)61-48-22-9-3-16-38(48)39-17-4-10-23-49(39)61/h1-31H. The molecule has 0 N–H and O–H groups in total. The van der Waals surface area contributed by atoms with Gasteiger partial charge < -0.3 is 18.6 Å². The Morgan fingerprint density at radius 3 is 1.13 bits per heavy atom. The summed E-state index contributed by atoms with van der Waals surface area (Å²) < 4.78 is 18.0. The van der Waals surface area contributed by atoms with Gasteiger partial charge in [-0.15, -0.1) is 0 Å². The second kappa shape index (κ2) is 13.4. The molecule has 0 amide bonds. The van der Waals surface area contributed by atoms with Crippen molar-refractivity contribution in [1.29, 1.82) is 10.5 Å². The van der Waals surface area contributed by atoms with Gasteiger partial charge in [0, 0.05) is 49.3 Å². The van der Waals surface area contributed by atoms with Crippen molar-refractivity contribution < 1.29 is 9.47 Å². The number of nitrogens with zero attached hydrogens (tertiary/aromatic N) is 4. The van der Waals surface area contributed by atoms with Crippen molar-refractivity contribution in [3.63, 3.8) is 0 Å². The minimum Gasteiger partial charge on any atom is -0.458 e. The molecular formula is C56H31BN4O2. The summed E-state index contributed by atoms with van der Waals surface area (Å²) in [5.41, 5.74) is 13.5. The van der Waals surface area contributed by atoms with Crippen molar-refractivity contribution in [3.05, 3.63) is 199 Å². The molecule has 2 aromatic heterocycles. The van der Waals surface area contributed by atoms with Crippen LogP contribution in [0.1, 0.15) is 11.1 Å². The number of para-hydroxylation sites is 6. The van der Waals surface area contributed by atoms with Crippen LogP contribution in [0.15, 0.2) is 188 Å². The van der Waals surface area contributed by atoms with E-state index >= 15 is 0 Å². The molecule has 0 aliphatic carbocycles. The molecule has 13 rings (SSSR count). The Morgan fingerprint density at radius 1 is 0.365 bits per heavy atom. The Balaban J connectivity index is 1.05. The SMILES string of the molecule is N#Cc1cc2c(cc1-c1ccccc1-n1c3ccccc3c3ccccc31)B1c3cc(-c4ccccc4-n4c5ccccc5c5ccccc54)c(C#N)cc3Oc3cccc(c31)O2. The van der Waals surface area contributed by atoms with E-state index in [1.807, 2.05) is 42.5 Å². The van der Waals surface area contributed by atoms with Gasteiger partial charge in [-0.1, -0.05) is 127 Å². The van der Waals surface area contributed by atoms with Crippen molar-refractivity contribution in [3.8, 4) is 68.8 Å². The van der Waals surface area contributed by atoms with Gasteiger partial charge in [0.1, 0.15) is 23.0 Å². The monoisotopic (exact) mass is 802 g/mol. The van der Waals surface area contributed by atoms with Gasteiger partial charge >= 0.3 is 0 Å². The molecular weight excluding hydrogens is 771 g/mol. The van der Waals surface area contributed by atoms with E-state index in [2.05, 4.69) is 167 Å².